The molecule has 0 saturated heterocycles. The molecule has 0 radical (unpaired) electrons. The summed E-state index contributed by atoms with van der Waals surface area (Å²) in [5, 5.41) is 4.38. The van der Waals surface area contributed by atoms with Crippen LogP contribution in [0.3, 0.4) is 0 Å². The van der Waals surface area contributed by atoms with Crippen molar-refractivity contribution in [1.82, 2.24) is 10.0 Å². The molecule has 0 aliphatic rings. The standard InChI is InChI=1S/C14H15BrN2O3S2/c1-10(17-22(19,20)13-6-3-7-21-13)14(18)16-9-11-4-2-5-12(15)8-11/h2-8,10,17H,9H2,1H3,(H,16,18). The van der Waals surface area contributed by atoms with Crippen molar-refractivity contribution in [2.45, 2.75) is 23.7 Å². The highest BCUT2D eigenvalue weighted by molar-refractivity contribution is 9.10. The van der Waals surface area contributed by atoms with Crippen LogP contribution in [-0.2, 0) is 21.4 Å². The van der Waals surface area contributed by atoms with Gasteiger partial charge in [-0.25, -0.2) is 8.42 Å². The van der Waals surface area contributed by atoms with Crippen molar-refractivity contribution in [2.24, 2.45) is 0 Å². The molecule has 8 heteroatoms. The van der Waals surface area contributed by atoms with Gasteiger partial charge in [0.1, 0.15) is 4.21 Å². The van der Waals surface area contributed by atoms with Gasteiger partial charge in [-0.3, -0.25) is 4.79 Å². The van der Waals surface area contributed by atoms with Gasteiger partial charge in [0.15, 0.2) is 0 Å². The zero-order chi connectivity index (χ0) is 16.2. The molecule has 1 aromatic heterocycles. The number of carbonyl (C=O) groups is 1. The third kappa shape index (κ3) is 4.64. The summed E-state index contributed by atoms with van der Waals surface area (Å²) in [4.78, 5) is 12.0. The lowest BCUT2D eigenvalue weighted by atomic mass is 10.2. The third-order valence-corrected chi connectivity index (χ3v) is 6.27. The molecule has 1 atom stereocenters. The van der Waals surface area contributed by atoms with Crippen LogP contribution in [0.5, 0.6) is 0 Å². The van der Waals surface area contributed by atoms with Crippen molar-refractivity contribution >= 4 is 43.2 Å². The van der Waals surface area contributed by atoms with Crippen molar-refractivity contribution in [3.63, 3.8) is 0 Å². The molecule has 1 aromatic carbocycles. The molecule has 0 aliphatic heterocycles. The number of thiophene rings is 1. The zero-order valence-corrected chi connectivity index (χ0v) is 15.0. The minimum atomic E-state index is -3.65. The summed E-state index contributed by atoms with van der Waals surface area (Å²) in [6, 6.07) is 9.83. The maximum absolute atomic E-state index is 12.0. The molecule has 5 nitrogen and oxygen atoms in total. The lowest BCUT2D eigenvalue weighted by Crippen LogP contribution is -2.44. The van der Waals surface area contributed by atoms with E-state index in [-0.39, 0.29) is 10.1 Å². The first-order chi connectivity index (χ1) is 10.4. The molecule has 2 aromatic rings. The average molecular weight is 403 g/mol. The number of nitrogens with one attached hydrogen (secondary N) is 2. The van der Waals surface area contributed by atoms with Gasteiger partial charge >= 0.3 is 0 Å². The Bertz CT molecular complexity index is 745. The van der Waals surface area contributed by atoms with Gasteiger partial charge in [-0.1, -0.05) is 34.1 Å². The summed E-state index contributed by atoms with van der Waals surface area (Å²) in [7, 11) is -3.65. The first kappa shape index (κ1) is 17.1. The Morgan fingerprint density at radius 1 is 1.32 bits per heavy atom. The van der Waals surface area contributed by atoms with Crippen LogP contribution in [0.2, 0.25) is 0 Å². The van der Waals surface area contributed by atoms with Crippen molar-refractivity contribution in [1.29, 1.82) is 0 Å². The van der Waals surface area contributed by atoms with Crippen LogP contribution in [0.1, 0.15) is 12.5 Å². The van der Waals surface area contributed by atoms with Crippen LogP contribution < -0.4 is 10.0 Å². The summed E-state index contributed by atoms with van der Waals surface area (Å²) < 4.78 is 27.6. The highest BCUT2D eigenvalue weighted by Gasteiger charge is 2.22. The van der Waals surface area contributed by atoms with E-state index in [9.17, 15) is 13.2 Å². The van der Waals surface area contributed by atoms with E-state index >= 15 is 0 Å². The SMILES string of the molecule is CC(NS(=O)(=O)c1cccs1)C(=O)NCc1cccc(Br)c1. The molecule has 0 fully saturated rings. The van der Waals surface area contributed by atoms with Gasteiger partial charge in [0.2, 0.25) is 5.91 Å². The minimum Gasteiger partial charge on any atom is -0.351 e. The first-order valence-electron chi connectivity index (χ1n) is 6.46. The van der Waals surface area contributed by atoms with E-state index in [2.05, 4.69) is 26.0 Å². The van der Waals surface area contributed by atoms with Gasteiger partial charge in [-0.2, -0.15) is 4.72 Å². The van der Waals surface area contributed by atoms with Crippen LogP contribution in [0, 0.1) is 0 Å². The van der Waals surface area contributed by atoms with E-state index in [0.717, 1.165) is 21.4 Å². The molecule has 22 heavy (non-hydrogen) atoms. The highest BCUT2D eigenvalue weighted by Crippen LogP contribution is 2.16. The Morgan fingerprint density at radius 3 is 2.73 bits per heavy atom. The van der Waals surface area contributed by atoms with E-state index in [1.807, 2.05) is 24.3 Å². The van der Waals surface area contributed by atoms with Gasteiger partial charge in [-0.05, 0) is 36.1 Å². The second kappa shape index (κ2) is 7.36. The van der Waals surface area contributed by atoms with Crippen LogP contribution in [-0.4, -0.2) is 20.4 Å². The maximum Gasteiger partial charge on any atom is 0.250 e. The predicted molar refractivity (Wildman–Crippen MR) is 90.1 cm³/mol. The first-order valence-corrected chi connectivity index (χ1v) is 9.62. The smallest absolute Gasteiger partial charge is 0.250 e. The predicted octanol–water partition coefficient (Wildman–Crippen LogP) is 2.49. The Morgan fingerprint density at radius 2 is 2.09 bits per heavy atom. The largest absolute Gasteiger partial charge is 0.351 e. The summed E-state index contributed by atoms with van der Waals surface area (Å²) in [6.45, 7) is 1.85. The summed E-state index contributed by atoms with van der Waals surface area (Å²) in [5.41, 5.74) is 0.927. The van der Waals surface area contributed by atoms with Crippen molar-refractivity contribution in [2.75, 3.05) is 0 Å². The molecule has 2 N–H and O–H groups in total. The number of hydrogen-bond donors (Lipinski definition) is 2. The third-order valence-electron chi connectivity index (χ3n) is 2.84. The van der Waals surface area contributed by atoms with Crippen LogP contribution in [0.15, 0.2) is 50.5 Å². The van der Waals surface area contributed by atoms with Crippen LogP contribution in [0.25, 0.3) is 0 Å². The monoisotopic (exact) mass is 402 g/mol. The molecule has 0 spiro atoms. The maximum atomic E-state index is 12.0. The second-order valence-electron chi connectivity index (χ2n) is 4.62. The Balaban J connectivity index is 1.92. The summed E-state index contributed by atoms with van der Waals surface area (Å²) in [6.07, 6.45) is 0. The fraction of sp³-hybridized carbons (Fsp3) is 0.214. The Labute approximate surface area is 141 Å². The number of benzene rings is 1. The fourth-order valence-electron chi connectivity index (χ4n) is 1.75. The van der Waals surface area contributed by atoms with Crippen molar-refractivity contribution in [3.8, 4) is 0 Å². The molecule has 1 unspecified atom stereocenters. The quantitative estimate of drug-likeness (QED) is 0.778. The number of halogens is 1. The van der Waals surface area contributed by atoms with E-state index in [1.54, 1.807) is 11.4 Å². The Kier molecular flexibility index (Phi) is 5.74. The number of hydrogen-bond acceptors (Lipinski definition) is 4. The van der Waals surface area contributed by atoms with Gasteiger partial charge < -0.3 is 5.32 Å². The number of sulfonamides is 1. The topological polar surface area (TPSA) is 75.3 Å². The van der Waals surface area contributed by atoms with E-state index in [4.69, 9.17) is 0 Å². The molecule has 0 aliphatic carbocycles. The van der Waals surface area contributed by atoms with Crippen molar-refractivity contribution < 1.29 is 13.2 Å². The number of rotatable bonds is 6. The summed E-state index contributed by atoms with van der Waals surface area (Å²) >= 11 is 4.46. The molecular formula is C14H15BrN2O3S2. The lowest BCUT2D eigenvalue weighted by Gasteiger charge is -2.13. The highest BCUT2D eigenvalue weighted by atomic mass is 79.9. The number of amides is 1. The summed E-state index contributed by atoms with van der Waals surface area (Å²) in [5.74, 6) is -0.375. The molecule has 0 bridgehead atoms. The molecule has 1 heterocycles. The van der Waals surface area contributed by atoms with Crippen LogP contribution >= 0.6 is 27.3 Å². The molecular weight excluding hydrogens is 388 g/mol. The minimum absolute atomic E-state index is 0.194. The van der Waals surface area contributed by atoms with E-state index in [1.165, 1.54) is 13.0 Å². The average Bonchev–Trinajstić information content (AvgIpc) is 2.99. The lowest BCUT2D eigenvalue weighted by molar-refractivity contribution is -0.122. The zero-order valence-electron chi connectivity index (χ0n) is 11.7. The van der Waals surface area contributed by atoms with Crippen LogP contribution in [0.4, 0.5) is 0 Å². The molecule has 118 valence electrons. The Hall–Kier alpha value is -1.22. The fourth-order valence-corrected chi connectivity index (χ4v) is 4.41. The van der Waals surface area contributed by atoms with E-state index < -0.39 is 16.1 Å². The second-order valence-corrected chi connectivity index (χ2v) is 8.43. The van der Waals surface area contributed by atoms with Gasteiger partial charge in [0, 0.05) is 11.0 Å². The normalized spacial score (nSPS) is 12.8. The van der Waals surface area contributed by atoms with Gasteiger partial charge in [-0.15, -0.1) is 11.3 Å². The molecule has 2 rings (SSSR count). The molecule has 1 amide bonds. The molecule has 0 saturated carbocycles. The van der Waals surface area contributed by atoms with E-state index in [0.29, 0.717) is 6.54 Å². The van der Waals surface area contributed by atoms with Crippen molar-refractivity contribution in [3.05, 3.63) is 51.8 Å². The number of carbonyl (C=O) groups excluding carboxylic acids is 1. The van der Waals surface area contributed by atoms with Gasteiger partial charge in [0.05, 0.1) is 6.04 Å². The van der Waals surface area contributed by atoms with Gasteiger partial charge in [0.25, 0.3) is 10.0 Å².